The lowest BCUT2D eigenvalue weighted by molar-refractivity contribution is -0.344. The SMILES string of the molecule is C[N+](C)(C)c1ccc(CNC(=O)c2cc3cc(Cl)ccc3n2Cc2cccc(C#N)c2)cc1.O=C([O-])C(F)(F)F. The van der Waals surface area contributed by atoms with E-state index in [1.807, 2.05) is 59.2 Å². The van der Waals surface area contributed by atoms with E-state index in [1.165, 1.54) is 5.69 Å². The zero-order chi connectivity index (χ0) is 29.7. The van der Waals surface area contributed by atoms with Crippen LogP contribution >= 0.6 is 11.6 Å². The molecule has 1 N–H and O–H groups in total. The Morgan fingerprint density at radius 3 is 2.23 bits per heavy atom. The summed E-state index contributed by atoms with van der Waals surface area (Å²) >= 11 is 6.20. The predicted octanol–water partition coefficient (Wildman–Crippen LogP) is 4.64. The Balaban J connectivity index is 0.000000559. The first-order valence-electron chi connectivity index (χ1n) is 11.9. The normalized spacial score (nSPS) is 11.3. The van der Waals surface area contributed by atoms with Crippen LogP contribution in [0.15, 0.2) is 72.8 Å². The van der Waals surface area contributed by atoms with Crippen LogP contribution in [0.3, 0.4) is 0 Å². The van der Waals surface area contributed by atoms with E-state index >= 15 is 0 Å². The van der Waals surface area contributed by atoms with Crippen LogP contribution in [0.1, 0.15) is 27.2 Å². The molecule has 0 fully saturated rings. The lowest BCUT2D eigenvalue weighted by atomic mass is 10.1. The molecule has 0 spiro atoms. The Kier molecular flexibility index (Phi) is 9.24. The van der Waals surface area contributed by atoms with Gasteiger partial charge in [0.05, 0.1) is 32.8 Å². The summed E-state index contributed by atoms with van der Waals surface area (Å²) in [7, 11) is 6.36. The molecule has 4 aromatic rings. The number of benzene rings is 3. The number of carbonyl (C=O) groups excluding carboxylic acids is 2. The zero-order valence-electron chi connectivity index (χ0n) is 21.9. The lowest BCUT2D eigenvalue weighted by Crippen LogP contribution is -2.37. The molecule has 0 radical (unpaired) electrons. The molecule has 11 heteroatoms. The largest absolute Gasteiger partial charge is 0.542 e. The molecule has 1 amide bonds. The van der Waals surface area contributed by atoms with Gasteiger partial charge in [-0.3, -0.25) is 9.28 Å². The van der Waals surface area contributed by atoms with Crippen LogP contribution in [0.5, 0.6) is 0 Å². The number of amides is 1. The van der Waals surface area contributed by atoms with Crippen molar-refractivity contribution in [3.63, 3.8) is 0 Å². The third-order valence-electron chi connectivity index (χ3n) is 5.89. The average molecular weight is 571 g/mol. The highest BCUT2D eigenvalue weighted by Crippen LogP contribution is 2.25. The third-order valence-corrected chi connectivity index (χ3v) is 6.12. The monoisotopic (exact) mass is 570 g/mol. The summed E-state index contributed by atoms with van der Waals surface area (Å²) in [5, 5.41) is 22.6. The first-order chi connectivity index (χ1) is 18.7. The molecule has 1 aromatic heterocycles. The van der Waals surface area contributed by atoms with Gasteiger partial charge in [-0.15, -0.1) is 0 Å². The second kappa shape index (κ2) is 12.2. The molecule has 1 heterocycles. The number of alkyl halides is 3. The fraction of sp³-hybridized carbons (Fsp3) is 0.207. The molecule has 0 aliphatic heterocycles. The highest BCUT2D eigenvalue weighted by molar-refractivity contribution is 6.31. The number of nitrogens with one attached hydrogen (secondary N) is 1. The number of rotatable bonds is 6. The number of carboxylic acids is 1. The third kappa shape index (κ3) is 7.85. The van der Waals surface area contributed by atoms with Crippen molar-refractivity contribution in [2.75, 3.05) is 21.1 Å². The first kappa shape index (κ1) is 30.2. The van der Waals surface area contributed by atoms with E-state index in [4.69, 9.17) is 21.5 Å². The van der Waals surface area contributed by atoms with Gasteiger partial charge in [0, 0.05) is 29.0 Å². The summed E-state index contributed by atoms with van der Waals surface area (Å²) in [5.41, 5.74) is 5.24. The van der Waals surface area contributed by atoms with Gasteiger partial charge in [-0.05, 0) is 59.7 Å². The van der Waals surface area contributed by atoms with Crippen LogP contribution in [0.2, 0.25) is 5.02 Å². The van der Waals surface area contributed by atoms with Crippen LogP contribution in [-0.4, -0.2) is 43.8 Å². The van der Waals surface area contributed by atoms with E-state index in [0.29, 0.717) is 29.4 Å². The Morgan fingerprint density at radius 1 is 1.00 bits per heavy atom. The summed E-state index contributed by atoms with van der Waals surface area (Å²) in [6.45, 7) is 0.907. The van der Waals surface area contributed by atoms with Crippen molar-refractivity contribution in [2.45, 2.75) is 19.3 Å². The van der Waals surface area contributed by atoms with Crippen molar-refractivity contribution < 1.29 is 27.9 Å². The zero-order valence-corrected chi connectivity index (χ0v) is 22.7. The number of carboxylic acid groups (broad SMARTS) is 1. The molecule has 0 aliphatic rings. The van der Waals surface area contributed by atoms with Crippen LogP contribution in [-0.2, 0) is 17.9 Å². The Bertz CT molecular complexity index is 1570. The van der Waals surface area contributed by atoms with E-state index in [2.05, 4.69) is 44.7 Å². The Labute approximate surface area is 234 Å². The standard InChI is InChI=1S/C27H25ClN4O.C2HF3O2/c1-32(2,3)24-10-7-19(8-11-24)17-30-27(33)26-15-22-14-23(28)9-12-25(22)31(26)18-21-6-4-5-20(13-21)16-29;3-2(4,5)1(6)7/h4-15H,17-18H2,1-3H3;(H,6,7). The van der Waals surface area contributed by atoms with Gasteiger partial charge < -0.3 is 19.8 Å². The van der Waals surface area contributed by atoms with Crippen molar-refractivity contribution in [3.05, 3.63) is 100 Å². The van der Waals surface area contributed by atoms with Gasteiger partial charge in [0.2, 0.25) is 0 Å². The van der Waals surface area contributed by atoms with Crippen molar-refractivity contribution >= 4 is 40.1 Å². The maximum Gasteiger partial charge on any atom is 0.430 e. The van der Waals surface area contributed by atoms with E-state index in [0.717, 1.165) is 26.5 Å². The van der Waals surface area contributed by atoms with Gasteiger partial charge in [0.25, 0.3) is 5.91 Å². The molecule has 0 bridgehead atoms. The molecule has 208 valence electrons. The quantitative estimate of drug-likeness (QED) is 0.342. The second-order valence-corrected chi connectivity index (χ2v) is 10.2. The molecule has 3 aromatic carbocycles. The molecule has 0 aliphatic carbocycles. The number of aliphatic carboxylic acids is 1. The molecule has 40 heavy (non-hydrogen) atoms. The van der Waals surface area contributed by atoms with Crippen molar-refractivity contribution in [2.24, 2.45) is 0 Å². The predicted molar refractivity (Wildman–Crippen MR) is 145 cm³/mol. The minimum Gasteiger partial charge on any atom is -0.542 e. The fourth-order valence-electron chi connectivity index (χ4n) is 3.86. The van der Waals surface area contributed by atoms with Crippen LogP contribution in [0, 0.1) is 11.3 Å². The number of fused-ring (bicyclic) bond motifs is 1. The highest BCUT2D eigenvalue weighted by Gasteiger charge is 2.28. The number of hydrogen-bond donors (Lipinski definition) is 1. The molecular formula is C29H26ClF3N4O3. The number of carbonyl (C=O) groups is 2. The number of hydrogen-bond acceptors (Lipinski definition) is 4. The molecular weight excluding hydrogens is 545 g/mol. The number of nitriles is 1. The summed E-state index contributed by atoms with van der Waals surface area (Å²) in [6, 6.07) is 25.3. The molecule has 4 rings (SSSR count). The van der Waals surface area contributed by atoms with E-state index in [1.54, 1.807) is 6.07 Å². The van der Waals surface area contributed by atoms with Gasteiger partial charge in [-0.1, -0.05) is 35.9 Å². The molecule has 7 nitrogen and oxygen atoms in total. The van der Waals surface area contributed by atoms with Gasteiger partial charge >= 0.3 is 6.18 Å². The van der Waals surface area contributed by atoms with Gasteiger partial charge in [-0.2, -0.15) is 18.4 Å². The van der Waals surface area contributed by atoms with E-state index in [-0.39, 0.29) is 5.91 Å². The maximum atomic E-state index is 13.2. The smallest absolute Gasteiger partial charge is 0.430 e. The van der Waals surface area contributed by atoms with Gasteiger partial charge in [-0.25, -0.2) is 0 Å². The highest BCUT2D eigenvalue weighted by atomic mass is 35.5. The topological polar surface area (TPSA) is 98.0 Å². The van der Waals surface area contributed by atoms with Crippen LogP contribution < -0.4 is 14.9 Å². The van der Waals surface area contributed by atoms with E-state index in [9.17, 15) is 23.2 Å². The van der Waals surface area contributed by atoms with Crippen molar-refractivity contribution in [1.82, 2.24) is 14.4 Å². The molecule has 0 atom stereocenters. The van der Waals surface area contributed by atoms with Crippen LogP contribution in [0.4, 0.5) is 18.9 Å². The minimum atomic E-state index is -5.19. The molecule has 0 saturated heterocycles. The number of nitrogens with zero attached hydrogens (tertiary/aromatic N) is 3. The number of quaternary nitrogens is 1. The van der Waals surface area contributed by atoms with E-state index < -0.39 is 12.1 Å². The summed E-state index contributed by atoms with van der Waals surface area (Å²) in [4.78, 5) is 22.0. The number of halogens is 4. The van der Waals surface area contributed by atoms with Gasteiger partial charge in [0.15, 0.2) is 0 Å². The Hall–Kier alpha value is -4.33. The summed E-state index contributed by atoms with van der Waals surface area (Å²) in [5.74, 6) is -3.16. The summed E-state index contributed by atoms with van der Waals surface area (Å²) in [6.07, 6.45) is -5.19. The number of aromatic nitrogens is 1. The first-order valence-corrected chi connectivity index (χ1v) is 12.3. The van der Waals surface area contributed by atoms with Crippen molar-refractivity contribution in [1.29, 1.82) is 5.26 Å². The van der Waals surface area contributed by atoms with Crippen LogP contribution in [0.25, 0.3) is 10.9 Å². The summed E-state index contributed by atoms with van der Waals surface area (Å²) < 4.78 is 34.3. The fourth-order valence-corrected chi connectivity index (χ4v) is 4.04. The van der Waals surface area contributed by atoms with Crippen molar-refractivity contribution in [3.8, 4) is 6.07 Å². The average Bonchev–Trinajstić information content (AvgIpc) is 3.24. The molecule has 0 saturated carbocycles. The van der Waals surface area contributed by atoms with Gasteiger partial charge in [0.1, 0.15) is 17.4 Å². The molecule has 0 unspecified atom stereocenters. The minimum absolute atomic E-state index is 0.158. The lowest BCUT2D eigenvalue weighted by Gasteiger charge is -2.23. The second-order valence-electron chi connectivity index (χ2n) is 9.78. The maximum absolute atomic E-state index is 13.2. The Morgan fingerprint density at radius 2 is 1.65 bits per heavy atom.